The topological polar surface area (TPSA) is 58.6 Å². The largest absolute Gasteiger partial charge is 0.494 e. The van der Waals surface area contributed by atoms with Crippen molar-refractivity contribution in [3.05, 3.63) is 21.6 Å². The zero-order chi connectivity index (χ0) is 14.9. The Bertz CT molecular complexity index is 603. The van der Waals surface area contributed by atoms with Crippen LogP contribution in [0.25, 0.3) is 0 Å². The van der Waals surface area contributed by atoms with Crippen molar-refractivity contribution >= 4 is 37.6 Å². The number of sulfonamides is 1. The van der Waals surface area contributed by atoms with Crippen molar-refractivity contribution in [2.24, 2.45) is 0 Å². The Balaban J connectivity index is 2.48. The molecule has 1 fully saturated rings. The Morgan fingerprint density at radius 2 is 2.20 bits per heavy atom. The summed E-state index contributed by atoms with van der Waals surface area (Å²) in [5, 5.41) is 3.50. The Morgan fingerprint density at radius 1 is 1.50 bits per heavy atom. The van der Waals surface area contributed by atoms with Crippen molar-refractivity contribution in [3.63, 3.8) is 0 Å². The van der Waals surface area contributed by atoms with Crippen molar-refractivity contribution in [1.82, 2.24) is 9.62 Å². The molecule has 0 aromatic heterocycles. The lowest BCUT2D eigenvalue weighted by molar-refractivity contribution is 0.375. The van der Waals surface area contributed by atoms with Gasteiger partial charge in [-0.15, -0.1) is 0 Å². The second kappa shape index (κ2) is 6.19. The van der Waals surface area contributed by atoms with Crippen molar-refractivity contribution in [2.45, 2.75) is 17.4 Å². The lowest BCUT2D eigenvalue weighted by atomic mass is 10.3. The van der Waals surface area contributed by atoms with Crippen LogP contribution in [0.2, 0.25) is 5.02 Å². The number of nitrogens with one attached hydrogen (secondary N) is 1. The van der Waals surface area contributed by atoms with E-state index in [0.717, 1.165) is 13.0 Å². The third-order valence-electron chi connectivity index (χ3n) is 3.38. The summed E-state index contributed by atoms with van der Waals surface area (Å²) < 4.78 is 32.6. The second-order valence-corrected chi connectivity index (χ2v) is 7.84. The van der Waals surface area contributed by atoms with Gasteiger partial charge >= 0.3 is 0 Å². The molecule has 1 aromatic carbocycles. The number of benzene rings is 1. The third-order valence-corrected chi connectivity index (χ3v) is 6.11. The standard InChI is InChI=1S/C12H16BrClN2O3S/c1-16(9-3-4-15-7-9)20(17,18)11-6-8(14)5-10(13)12(11)19-2/h5-6,9,15H,3-4,7H2,1-2H3/t9-/m0/s1. The highest BCUT2D eigenvalue weighted by molar-refractivity contribution is 9.10. The Labute approximate surface area is 132 Å². The van der Waals surface area contributed by atoms with Gasteiger partial charge in [-0.05, 0) is 41.0 Å². The number of likely N-dealkylation sites (N-methyl/N-ethyl adjacent to an activating group) is 1. The van der Waals surface area contributed by atoms with Gasteiger partial charge in [0.25, 0.3) is 0 Å². The van der Waals surface area contributed by atoms with Gasteiger partial charge in [0.05, 0.1) is 11.6 Å². The first-order chi connectivity index (χ1) is 9.37. The molecule has 112 valence electrons. The summed E-state index contributed by atoms with van der Waals surface area (Å²) >= 11 is 9.25. The molecule has 0 amide bonds. The molecule has 5 nitrogen and oxygen atoms in total. The Kier molecular flexibility index (Phi) is 4.96. The van der Waals surface area contributed by atoms with Gasteiger partial charge in [0.15, 0.2) is 5.75 Å². The van der Waals surface area contributed by atoms with Gasteiger partial charge in [0, 0.05) is 24.7 Å². The first-order valence-electron chi connectivity index (χ1n) is 6.09. The van der Waals surface area contributed by atoms with E-state index in [9.17, 15) is 8.42 Å². The Hall–Kier alpha value is -0.340. The van der Waals surface area contributed by atoms with Crippen LogP contribution in [0.4, 0.5) is 0 Å². The maximum Gasteiger partial charge on any atom is 0.246 e. The number of hydrogen-bond acceptors (Lipinski definition) is 4. The monoisotopic (exact) mass is 382 g/mol. The van der Waals surface area contributed by atoms with Gasteiger partial charge in [-0.1, -0.05) is 11.6 Å². The van der Waals surface area contributed by atoms with E-state index in [0.29, 0.717) is 16.0 Å². The number of nitrogens with zero attached hydrogens (tertiary/aromatic N) is 1. The zero-order valence-electron chi connectivity index (χ0n) is 11.2. The minimum absolute atomic E-state index is 0.0533. The molecule has 1 aromatic rings. The molecule has 1 heterocycles. The average molecular weight is 384 g/mol. The number of ether oxygens (including phenoxy) is 1. The van der Waals surface area contributed by atoms with Crippen LogP contribution in [-0.4, -0.2) is 46.0 Å². The molecule has 1 aliphatic heterocycles. The summed E-state index contributed by atoms with van der Waals surface area (Å²) in [7, 11) is -0.637. The van der Waals surface area contributed by atoms with Crippen molar-refractivity contribution in [3.8, 4) is 5.75 Å². The Morgan fingerprint density at radius 3 is 2.75 bits per heavy atom. The van der Waals surface area contributed by atoms with Crippen LogP contribution in [0.3, 0.4) is 0 Å². The molecule has 1 atom stereocenters. The van der Waals surface area contributed by atoms with Crippen molar-refractivity contribution in [2.75, 3.05) is 27.2 Å². The predicted molar refractivity (Wildman–Crippen MR) is 81.9 cm³/mol. The first-order valence-corrected chi connectivity index (χ1v) is 8.71. The number of halogens is 2. The summed E-state index contributed by atoms with van der Waals surface area (Å²) in [6.45, 7) is 1.47. The zero-order valence-corrected chi connectivity index (χ0v) is 14.3. The summed E-state index contributed by atoms with van der Waals surface area (Å²) in [6, 6.07) is 2.97. The first kappa shape index (κ1) is 16.0. The fourth-order valence-corrected chi connectivity index (χ4v) is 4.98. The minimum atomic E-state index is -3.66. The molecule has 1 aliphatic rings. The van der Waals surface area contributed by atoms with Crippen LogP contribution in [0.15, 0.2) is 21.5 Å². The van der Waals surface area contributed by atoms with Gasteiger partial charge in [-0.2, -0.15) is 4.31 Å². The summed E-state index contributed by atoms with van der Waals surface area (Å²) in [5.41, 5.74) is 0. The van der Waals surface area contributed by atoms with E-state index in [2.05, 4.69) is 21.2 Å². The summed E-state index contributed by atoms with van der Waals surface area (Å²) in [5.74, 6) is 0.271. The normalized spacial score (nSPS) is 19.6. The van der Waals surface area contributed by atoms with Gasteiger partial charge in [-0.3, -0.25) is 0 Å². The lowest BCUT2D eigenvalue weighted by Crippen LogP contribution is -2.38. The number of hydrogen-bond donors (Lipinski definition) is 1. The van der Waals surface area contributed by atoms with Crippen molar-refractivity contribution < 1.29 is 13.2 Å². The van der Waals surface area contributed by atoms with Crippen LogP contribution in [-0.2, 0) is 10.0 Å². The molecule has 1 N–H and O–H groups in total. The average Bonchev–Trinajstić information content (AvgIpc) is 2.90. The molecule has 1 saturated heterocycles. The number of rotatable bonds is 4. The fourth-order valence-electron chi connectivity index (χ4n) is 2.23. The predicted octanol–water partition coefficient (Wildman–Crippen LogP) is 2.09. The highest BCUT2D eigenvalue weighted by Gasteiger charge is 2.33. The van der Waals surface area contributed by atoms with E-state index < -0.39 is 10.0 Å². The molecule has 0 bridgehead atoms. The second-order valence-electron chi connectivity index (χ2n) is 4.59. The maximum absolute atomic E-state index is 12.7. The van der Waals surface area contributed by atoms with Gasteiger partial charge in [0.1, 0.15) is 4.90 Å². The van der Waals surface area contributed by atoms with Crippen LogP contribution >= 0.6 is 27.5 Å². The minimum Gasteiger partial charge on any atom is -0.494 e. The van der Waals surface area contributed by atoms with Crippen LogP contribution in [0.1, 0.15) is 6.42 Å². The molecule has 2 rings (SSSR count). The third kappa shape index (κ3) is 2.96. The van der Waals surface area contributed by atoms with Crippen LogP contribution < -0.4 is 10.1 Å². The van der Waals surface area contributed by atoms with E-state index in [1.165, 1.54) is 17.5 Å². The highest BCUT2D eigenvalue weighted by atomic mass is 79.9. The number of methoxy groups -OCH3 is 1. The molecule has 0 unspecified atom stereocenters. The fraction of sp³-hybridized carbons (Fsp3) is 0.500. The smallest absolute Gasteiger partial charge is 0.246 e. The maximum atomic E-state index is 12.7. The molecular formula is C12H16BrClN2O3S. The molecule has 0 aliphatic carbocycles. The summed E-state index contributed by atoms with van der Waals surface area (Å²) in [6.07, 6.45) is 0.791. The van der Waals surface area contributed by atoms with E-state index in [4.69, 9.17) is 16.3 Å². The quantitative estimate of drug-likeness (QED) is 0.865. The summed E-state index contributed by atoms with van der Waals surface area (Å²) in [4.78, 5) is 0.0776. The van der Waals surface area contributed by atoms with Gasteiger partial charge in [-0.25, -0.2) is 8.42 Å². The molecule has 20 heavy (non-hydrogen) atoms. The SMILES string of the molecule is COc1c(Br)cc(Cl)cc1S(=O)(=O)N(C)[C@H]1CCNC1. The van der Waals surface area contributed by atoms with Crippen LogP contribution in [0, 0.1) is 0 Å². The molecular weight excluding hydrogens is 368 g/mol. The molecule has 8 heteroatoms. The molecule has 0 saturated carbocycles. The van der Waals surface area contributed by atoms with Gasteiger partial charge in [0.2, 0.25) is 10.0 Å². The van der Waals surface area contributed by atoms with E-state index >= 15 is 0 Å². The molecule has 0 radical (unpaired) electrons. The highest BCUT2D eigenvalue weighted by Crippen LogP contribution is 2.37. The van der Waals surface area contributed by atoms with Gasteiger partial charge < -0.3 is 10.1 Å². The van der Waals surface area contributed by atoms with E-state index in [1.54, 1.807) is 13.1 Å². The van der Waals surface area contributed by atoms with Crippen LogP contribution in [0.5, 0.6) is 5.75 Å². The van der Waals surface area contributed by atoms with E-state index in [1.807, 2.05) is 0 Å². The molecule has 0 spiro atoms. The van der Waals surface area contributed by atoms with E-state index in [-0.39, 0.29) is 16.7 Å². The van der Waals surface area contributed by atoms with Crippen molar-refractivity contribution in [1.29, 1.82) is 0 Å². The lowest BCUT2D eigenvalue weighted by Gasteiger charge is -2.24.